The monoisotopic (exact) mass is 547 g/mol. The van der Waals surface area contributed by atoms with Crippen LogP contribution in [0.2, 0.25) is 0 Å². The highest BCUT2D eigenvalue weighted by atomic mass is 16.3. The molecular weight excluding hydrogens is 490 g/mol. The molecule has 0 aliphatic heterocycles. The largest absolute Gasteiger partial charge is 0.393 e. The molecule has 8 heteroatoms. The van der Waals surface area contributed by atoms with E-state index in [9.17, 15) is 15.0 Å². The van der Waals surface area contributed by atoms with Crippen LogP contribution in [0, 0.1) is 46.3 Å². The summed E-state index contributed by atoms with van der Waals surface area (Å²) < 4.78 is 0. The minimum absolute atomic E-state index is 0.137. The van der Waals surface area contributed by atoms with E-state index in [4.69, 9.17) is 11.5 Å². The number of carbonyl (C=O) groups excluding carboxylic acids is 1. The maximum absolute atomic E-state index is 12.6. The first-order chi connectivity index (χ1) is 18.6. The second-order valence-corrected chi connectivity index (χ2v) is 14.1. The molecule has 4 aliphatic rings. The van der Waals surface area contributed by atoms with Crippen molar-refractivity contribution in [3.63, 3.8) is 0 Å². The quantitative estimate of drug-likeness (QED) is 0.126. The molecular formula is C31H57N5O3. The number of hydrogen-bond acceptors (Lipinski definition) is 5. The molecule has 10 atom stereocenters. The Balaban J connectivity index is 1.21. The molecule has 8 N–H and O–H groups in total. The van der Waals surface area contributed by atoms with Crippen LogP contribution in [0.15, 0.2) is 4.99 Å². The predicted octanol–water partition coefficient (Wildman–Crippen LogP) is 3.15. The predicted molar refractivity (Wildman–Crippen MR) is 157 cm³/mol. The van der Waals surface area contributed by atoms with E-state index in [2.05, 4.69) is 36.4 Å². The summed E-state index contributed by atoms with van der Waals surface area (Å²) in [6.45, 7) is 10.4. The number of aliphatic hydroxyl groups is 2. The van der Waals surface area contributed by atoms with E-state index in [0.717, 1.165) is 58.0 Å². The second kappa shape index (κ2) is 13.1. The standard InChI is InChI=1S/C31H57N5O3/c1-20(6-9-27(39)35-16-4-14-34-15-5-17-36-29(32)33)23-7-8-24-28-25(11-13-31(23,24)3)30(2)12-10-22(37)18-21(30)19-26(28)38/h20-26,28,34,37-38H,4-19H2,1-3H3,(H,35,39)(H4,32,33,36)/t20-,21+,22-,23-,24+,25+,26-,28+,30+,31-/m1/s1. The Morgan fingerprint density at radius 3 is 2.46 bits per heavy atom. The maximum atomic E-state index is 12.6. The molecule has 0 aromatic rings. The molecule has 0 unspecified atom stereocenters. The highest BCUT2D eigenvalue weighted by molar-refractivity contribution is 5.76. The number of amides is 1. The van der Waals surface area contributed by atoms with E-state index in [0.29, 0.717) is 55.0 Å². The van der Waals surface area contributed by atoms with Gasteiger partial charge in [0.15, 0.2) is 5.96 Å². The molecule has 4 aliphatic carbocycles. The van der Waals surface area contributed by atoms with E-state index in [-0.39, 0.29) is 34.9 Å². The van der Waals surface area contributed by atoms with Crippen molar-refractivity contribution in [1.82, 2.24) is 10.6 Å². The summed E-state index contributed by atoms with van der Waals surface area (Å²) in [6.07, 6.45) is 11.6. The maximum Gasteiger partial charge on any atom is 0.220 e. The summed E-state index contributed by atoms with van der Waals surface area (Å²) in [6, 6.07) is 0. The first-order valence-electron chi connectivity index (χ1n) is 15.9. The van der Waals surface area contributed by atoms with Crippen LogP contribution in [-0.2, 0) is 4.79 Å². The van der Waals surface area contributed by atoms with E-state index < -0.39 is 0 Å². The molecule has 4 rings (SSSR count). The Bertz CT molecular complexity index is 850. The first kappa shape index (κ1) is 30.6. The Hall–Kier alpha value is -1.38. The van der Waals surface area contributed by atoms with Crippen LogP contribution in [0.4, 0.5) is 0 Å². The summed E-state index contributed by atoms with van der Waals surface area (Å²) in [5.41, 5.74) is 11.2. The van der Waals surface area contributed by atoms with Gasteiger partial charge in [0, 0.05) is 19.5 Å². The number of fused-ring (bicyclic) bond motifs is 5. The smallest absolute Gasteiger partial charge is 0.220 e. The van der Waals surface area contributed by atoms with Gasteiger partial charge in [-0.15, -0.1) is 0 Å². The van der Waals surface area contributed by atoms with Gasteiger partial charge in [-0.25, -0.2) is 0 Å². The van der Waals surface area contributed by atoms with E-state index >= 15 is 0 Å². The topological polar surface area (TPSA) is 146 Å². The summed E-state index contributed by atoms with van der Waals surface area (Å²) in [5.74, 6) is 3.49. The SMILES string of the molecule is C[C@H](CCC(=O)NCCCNCCCN=C(N)N)[C@H]1CC[C@H]2[C@@H]3[C@H](O)C[C@@H]4C[C@H](O)CC[C@]4(C)[C@H]3CC[C@]12C. The molecule has 4 fully saturated rings. The number of nitrogens with one attached hydrogen (secondary N) is 2. The number of hydrogen-bond donors (Lipinski definition) is 6. The molecule has 39 heavy (non-hydrogen) atoms. The van der Waals surface area contributed by atoms with Crippen molar-refractivity contribution in [1.29, 1.82) is 0 Å². The fourth-order valence-corrected chi connectivity index (χ4v) is 9.80. The van der Waals surface area contributed by atoms with Gasteiger partial charge < -0.3 is 32.3 Å². The lowest BCUT2D eigenvalue weighted by molar-refractivity contribution is -0.174. The van der Waals surface area contributed by atoms with Gasteiger partial charge in [-0.2, -0.15) is 0 Å². The van der Waals surface area contributed by atoms with Gasteiger partial charge in [-0.05, 0) is 130 Å². The number of carbonyl (C=O) groups is 1. The molecule has 0 aromatic carbocycles. The number of rotatable bonds is 12. The zero-order chi connectivity index (χ0) is 28.2. The van der Waals surface area contributed by atoms with Gasteiger partial charge in [-0.3, -0.25) is 9.79 Å². The molecule has 0 aromatic heterocycles. The Morgan fingerprint density at radius 1 is 0.974 bits per heavy atom. The number of aliphatic imine (C=N–C) groups is 1. The molecule has 0 heterocycles. The van der Waals surface area contributed by atoms with Crippen molar-refractivity contribution in [3.8, 4) is 0 Å². The number of nitrogens with two attached hydrogens (primary N) is 2. The number of nitrogens with zero attached hydrogens (tertiary/aromatic N) is 1. The molecule has 0 spiro atoms. The normalized spacial score (nSPS) is 40.2. The van der Waals surface area contributed by atoms with Crippen LogP contribution >= 0.6 is 0 Å². The van der Waals surface area contributed by atoms with Gasteiger partial charge in [0.05, 0.1) is 12.2 Å². The molecule has 0 radical (unpaired) electrons. The van der Waals surface area contributed by atoms with Crippen LogP contribution in [-0.4, -0.2) is 60.5 Å². The summed E-state index contributed by atoms with van der Waals surface area (Å²) in [7, 11) is 0. The number of aliphatic hydroxyl groups excluding tert-OH is 2. The molecule has 0 saturated heterocycles. The van der Waals surface area contributed by atoms with Crippen LogP contribution in [0.3, 0.4) is 0 Å². The molecule has 4 saturated carbocycles. The van der Waals surface area contributed by atoms with Crippen LogP contribution in [0.5, 0.6) is 0 Å². The first-order valence-corrected chi connectivity index (χ1v) is 15.9. The minimum atomic E-state index is -0.226. The van der Waals surface area contributed by atoms with Crippen molar-refractivity contribution >= 4 is 11.9 Å². The van der Waals surface area contributed by atoms with Crippen molar-refractivity contribution < 1.29 is 15.0 Å². The summed E-state index contributed by atoms with van der Waals surface area (Å²) >= 11 is 0. The lowest BCUT2D eigenvalue weighted by Gasteiger charge is -2.62. The van der Waals surface area contributed by atoms with Crippen LogP contribution in [0.1, 0.15) is 97.8 Å². The van der Waals surface area contributed by atoms with Gasteiger partial charge in [0.1, 0.15) is 0 Å². The fraction of sp³-hybridized carbons (Fsp3) is 0.935. The highest BCUT2D eigenvalue weighted by Gasteiger charge is 2.62. The second-order valence-electron chi connectivity index (χ2n) is 14.1. The molecule has 224 valence electrons. The van der Waals surface area contributed by atoms with E-state index in [1.807, 2.05) is 0 Å². The fourth-order valence-electron chi connectivity index (χ4n) is 9.80. The van der Waals surface area contributed by atoms with Crippen molar-refractivity contribution in [2.75, 3.05) is 26.2 Å². The Kier molecular flexibility index (Phi) is 10.2. The molecule has 0 bridgehead atoms. The highest BCUT2D eigenvalue weighted by Crippen LogP contribution is 2.68. The van der Waals surface area contributed by atoms with Crippen LogP contribution in [0.25, 0.3) is 0 Å². The van der Waals surface area contributed by atoms with Gasteiger partial charge >= 0.3 is 0 Å². The third-order valence-corrected chi connectivity index (χ3v) is 11.9. The van der Waals surface area contributed by atoms with E-state index in [1.165, 1.54) is 25.7 Å². The average Bonchev–Trinajstić information content (AvgIpc) is 3.24. The Morgan fingerprint density at radius 2 is 1.69 bits per heavy atom. The zero-order valence-electron chi connectivity index (χ0n) is 24.8. The zero-order valence-corrected chi connectivity index (χ0v) is 24.8. The average molecular weight is 548 g/mol. The van der Waals surface area contributed by atoms with Gasteiger partial charge in [0.2, 0.25) is 5.91 Å². The van der Waals surface area contributed by atoms with Gasteiger partial charge in [-0.1, -0.05) is 20.8 Å². The third-order valence-electron chi connectivity index (χ3n) is 11.9. The lowest BCUT2D eigenvalue weighted by Crippen LogP contribution is -2.58. The van der Waals surface area contributed by atoms with Gasteiger partial charge in [0.25, 0.3) is 0 Å². The van der Waals surface area contributed by atoms with Crippen LogP contribution < -0.4 is 22.1 Å². The van der Waals surface area contributed by atoms with E-state index in [1.54, 1.807) is 0 Å². The summed E-state index contributed by atoms with van der Waals surface area (Å²) in [4.78, 5) is 16.5. The minimum Gasteiger partial charge on any atom is -0.393 e. The molecule has 8 nitrogen and oxygen atoms in total. The van der Waals surface area contributed by atoms with Crippen molar-refractivity contribution in [3.05, 3.63) is 0 Å². The third kappa shape index (κ3) is 6.75. The van der Waals surface area contributed by atoms with Crippen molar-refractivity contribution in [2.24, 2.45) is 62.8 Å². The Labute approximate surface area is 236 Å². The molecule has 1 amide bonds. The summed E-state index contributed by atoms with van der Waals surface area (Å²) in [5, 5.41) is 28.2. The lowest BCUT2D eigenvalue weighted by atomic mass is 9.43. The van der Waals surface area contributed by atoms with Crippen molar-refractivity contribution in [2.45, 2.75) is 110 Å². The number of guanidine groups is 1.